The number of rotatable bonds is 7. The third kappa shape index (κ3) is 4.94. The van der Waals surface area contributed by atoms with Gasteiger partial charge in [0.05, 0.1) is 16.9 Å². The number of thiophene rings is 1. The van der Waals surface area contributed by atoms with E-state index in [1.165, 1.54) is 11.6 Å². The van der Waals surface area contributed by atoms with Crippen LogP contribution in [0.1, 0.15) is 12.0 Å². The SMILES string of the molecule is COC1CCN(CCc2csc3ccc(F)cc23)CC1CS(=O)c1ccccc1. The van der Waals surface area contributed by atoms with E-state index in [1.807, 2.05) is 36.4 Å². The Labute approximate surface area is 178 Å². The number of hydrogen-bond acceptors (Lipinski definition) is 4. The first-order chi connectivity index (χ1) is 14.1. The summed E-state index contributed by atoms with van der Waals surface area (Å²) in [6.07, 6.45) is 2.00. The number of piperidine rings is 1. The molecule has 3 unspecified atom stereocenters. The maximum absolute atomic E-state index is 13.6. The van der Waals surface area contributed by atoms with Crippen LogP contribution in [0, 0.1) is 11.7 Å². The van der Waals surface area contributed by atoms with E-state index in [9.17, 15) is 8.60 Å². The van der Waals surface area contributed by atoms with Crippen LogP contribution in [-0.2, 0) is 22.0 Å². The Morgan fingerprint density at radius 1 is 1.24 bits per heavy atom. The first-order valence-electron chi connectivity index (χ1n) is 9.98. The van der Waals surface area contributed by atoms with E-state index in [4.69, 9.17) is 4.74 Å². The van der Waals surface area contributed by atoms with Crippen molar-refractivity contribution >= 4 is 32.2 Å². The maximum Gasteiger partial charge on any atom is 0.123 e. The summed E-state index contributed by atoms with van der Waals surface area (Å²) in [5.41, 5.74) is 1.21. The van der Waals surface area contributed by atoms with Crippen LogP contribution in [0.4, 0.5) is 4.39 Å². The standard InChI is InChI=1S/C23H26FNO2S2/c1-27-22-10-12-25(14-18(22)16-29(26)20-5-3-2-4-6-20)11-9-17-15-28-23-8-7-19(24)13-21(17)23/h2-8,13,15,18,22H,9-12,14,16H2,1H3. The Morgan fingerprint density at radius 2 is 2.07 bits per heavy atom. The van der Waals surface area contributed by atoms with E-state index in [0.717, 1.165) is 47.5 Å². The van der Waals surface area contributed by atoms with Crippen molar-refractivity contribution in [2.24, 2.45) is 5.92 Å². The molecule has 3 nitrogen and oxygen atoms in total. The fraction of sp³-hybridized carbons (Fsp3) is 0.391. The molecule has 1 saturated heterocycles. The number of benzene rings is 2. The van der Waals surface area contributed by atoms with Gasteiger partial charge in [-0.05, 0) is 59.5 Å². The molecule has 1 aliphatic heterocycles. The monoisotopic (exact) mass is 431 g/mol. The highest BCUT2D eigenvalue weighted by atomic mass is 32.2. The molecule has 3 atom stereocenters. The molecular weight excluding hydrogens is 405 g/mol. The first-order valence-corrected chi connectivity index (χ1v) is 12.2. The van der Waals surface area contributed by atoms with Crippen molar-refractivity contribution < 1.29 is 13.3 Å². The Balaban J connectivity index is 1.39. The molecule has 6 heteroatoms. The molecule has 0 N–H and O–H groups in total. The number of likely N-dealkylation sites (tertiary alicyclic amines) is 1. The molecule has 0 saturated carbocycles. The Morgan fingerprint density at radius 3 is 2.86 bits per heavy atom. The molecule has 1 aliphatic rings. The number of fused-ring (bicyclic) bond motifs is 1. The number of hydrogen-bond donors (Lipinski definition) is 0. The predicted octanol–water partition coefficient (Wildman–Crippen LogP) is 4.73. The molecule has 0 radical (unpaired) electrons. The third-order valence-electron chi connectivity index (χ3n) is 5.74. The zero-order chi connectivity index (χ0) is 20.2. The Hall–Kier alpha value is -1.60. The molecule has 0 spiro atoms. The summed E-state index contributed by atoms with van der Waals surface area (Å²) in [5.74, 6) is 0.680. The Kier molecular flexibility index (Phi) is 6.75. The molecule has 3 aromatic rings. The second kappa shape index (κ2) is 9.47. The molecule has 4 rings (SSSR count). The van der Waals surface area contributed by atoms with Gasteiger partial charge in [0.1, 0.15) is 5.82 Å². The van der Waals surface area contributed by atoms with Gasteiger partial charge in [0.2, 0.25) is 0 Å². The van der Waals surface area contributed by atoms with Crippen LogP contribution in [0.3, 0.4) is 0 Å². The first kappa shape index (κ1) is 20.7. The van der Waals surface area contributed by atoms with Crippen molar-refractivity contribution in [3.8, 4) is 0 Å². The van der Waals surface area contributed by atoms with Crippen LogP contribution >= 0.6 is 11.3 Å². The normalized spacial score (nSPS) is 21.4. The molecule has 0 amide bonds. The highest BCUT2D eigenvalue weighted by molar-refractivity contribution is 7.85. The number of halogens is 1. The van der Waals surface area contributed by atoms with Crippen LogP contribution in [-0.4, -0.2) is 47.7 Å². The second-order valence-electron chi connectivity index (χ2n) is 7.60. The summed E-state index contributed by atoms with van der Waals surface area (Å²) >= 11 is 1.67. The Bertz CT molecular complexity index is 975. The predicted molar refractivity (Wildman–Crippen MR) is 119 cm³/mol. The van der Waals surface area contributed by atoms with Gasteiger partial charge >= 0.3 is 0 Å². The summed E-state index contributed by atoms with van der Waals surface area (Å²) in [6.45, 7) is 2.78. The van der Waals surface area contributed by atoms with Gasteiger partial charge in [-0.1, -0.05) is 18.2 Å². The molecule has 0 aliphatic carbocycles. The van der Waals surface area contributed by atoms with Crippen molar-refractivity contribution in [1.29, 1.82) is 0 Å². The largest absolute Gasteiger partial charge is 0.381 e. The summed E-state index contributed by atoms with van der Waals surface area (Å²) in [6, 6.07) is 14.7. The number of ether oxygens (including phenoxy) is 1. The molecule has 1 fully saturated rings. The lowest BCUT2D eigenvalue weighted by Gasteiger charge is -2.37. The average Bonchev–Trinajstić information content (AvgIpc) is 3.15. The van der Waals surface area contributed by atoms with E-state index in [1.54, 1.807) is 24.5 Å². The fourth-order valence-electron chi connectivity index (χ4n) is 4.15. The van der Waals surface area contributed by atoms with Crippen LogP contribution in [0.15, 0.2) is 58.8 Å². The molecule has 154 valence electrons. The van der Waals surface area contributed by atoms with Gasteiger partial charge < -0.3 is 9.64 Å². The molecule has 1 aromatic heterocycles. The summed E-state index contributed by atoms with van der Waals surface area (Å²) < 4.78 is 33.3. The van der Waals surface area contributed by atoms with Crippen LogP contribution < -0.4 is 0 Å². The third-order valence-corrected chi connectivity index (χ3v) is 8.28. The van der Waals surface area contributed by atoms with Crippen molar-refractivity contribution in [1.82, 2.24) is 4.90 Å². The van der Waals surface area contributed by atoms with Crippen LogP contribution in [0.2, 0.25) is 0 Å². The van der Waals surface area contributed by atoms with Gasteiger partial charge in [-0.25, -0.2) is 4.39 Å². The van der Waals surface area contributed by atoms with Gasteiger partial charge in [0.15, 0.2) is 0 Å². The quantitative estimate of drug-likeness (QED) is 0.542. The van der Waals surface area contributed by atoms with Gasteiger partial charge in [0.25, 0.3) is 0 Å². The van der Waals surface area contributed by atoms with Gasteiger partial charge in [-0.2, -0.15) is 0 Å². The molecule has 0 bridgehead atoms. The molecule has 29 heavy (non-hydrogen) atoms. The lowest BCUT2D eigenvalue weighted by atomic mass is 9.96. The lowest BCUT2D eigenvalue weighted by Crippen LogP contribution is -2.46. The van der Waals surface area contributed by atoms with E-state index in [0.29, 0.717) is 5.75 Å². The van der Waals surface area contributed by atoms with Gasteiger partial charge in [-0.15, -0.1) is 11.3 Å². The van der Waals surface area contributed by atoms with E-state index >= 15 is 0 Å². The second-order valence-corrected chi connectivity index (χ2v) is 10.0. The van der Waals surface area contributed by atoms with Crippen molar-refractivity contribution in [2.75, 3.05) is 32.5 Å². The minimum atomic E-state index is -1.02. The minimum absolute atomic E-state index is 0.148. The number of nitrogens with zero attached hydrogens (tertiary/aromatic N) is 1. The summed E-state index contributed by atoms with van der Waals surface area (Å²) in [4.78, 5) is 3.32. The smallest absolute Gasteiger partial charge is 0.123 e. The average molecular weight is 432 g/mol. The van der Waals surface area contributed by atoms with Crippen molar-refractivity contribution in [3.05, 3.63) is 65.3 Å². The van der Waals surface area contributed by atoms with E-state index in [-0.39, 0.29) is 17.8 Å². The van der Waals surface area contributed by atoms with Gasteiger partial charge in [0, 0.05) is 48.0 Å². The molecule has 2 aromatic carbocycles. The van der Waals surface area contributed by atoms with Crippen molar-refractivity contribution in [2.45, 2.75) is 23.8 Å². The highest BCUT2D eigenvalue weighted by Crippen LogP contribution is 2.28. The number of methoxy groups -OCH3 is 1. The lowest BCUT2D eigenvalue weighted by molar-refractivity contribution is 0.00242. The van der Waals surface area contributed by atoms with E-state index < -0.39 is 10.8 Å². The summed E-state index contributed by atoms with van der Waals surface area (Å²) in [7, 11) is 0.735. The fourth-order valence-corrected chi connectivity index (χ4v) is 6.49. The van der Waals surface area contributed by atoms with Crippen LogP contribution in [0.5, 0.6) is 0 Å². The zero-order valence-electron chi connectivity index (χ0n) is 16.6. The summed E-state index contributed by atoms with van der Waals surface area (Å²) in [5, 5.41) is 3.18. The van der Waals surface area contributed by atoms with Crippen LogP contribution in [0.25, 0.3) is 10.1 Å². The maximum atomic E-state index is 13.6. The minimum Gasteiger partial charge on any atom is -0.381 e. The van der Waals surface area contributed by atoms with Crippen molar-refractivity contribution in [3.63, 3.8) is 0 Å². The molecule has 2 heterocycles. The molecular formula is C23H26FNO2S2. The zero-order valence-corrected chi connectivity index (χ0v) is 18.2. The van der Waals surface area contributed by atoms with Gasteiger partial charge in [-0.3, -0.25) is 4.21 Å². The topological polar surface area (TPSA) is 29.5 Å². The van der Waals surface area contributed by atoms with E-state index in [2.05, 4.69) is 10.3 Å². The highest BCUT2D eigenvalue weighted by Gasteiger charge is 2.30.